The number of nitrogens with one attached hydrogen (secondary N) is 1. The standard InChI is InChI=1S/C19H32N2/c1-5-13-21(15-16-11-12-16)18(14-20-19(2,3)4)17-9-7-6-8-10-17/h6-10,16,18,20H,5,11-15H2,1-4H3. The topological polar surface area (TPSA) is 15.3 Å². The van der Waals surface area contributed by atoms with Gasteiger partial charge in [0.2, 0.25) is 0 Å². The lowest BCUT2D eigenvalue weighted by Gasteiger charge is -2.34. The molecule has 0 radical (unpaired) electrons. The van der Waals surface area contributed by atoms with Crippen molar-refractivity contribution in [2.24, 2.45) is 5.92 Å². The first kappa shape index (κ1) is 16.5. The van der Waals surface area contributed by atoms with Crippen LogP contribution in [-0.4, -0.2) is 30.1 Å². The molecule has 0 amide bonds. The van der Waals surface area contributed by atoms with Gasteiger partial charge in [0.05, 0.1) is 0 Å². The van der Waals surface area contributed by atoms with Gasteiger partial charge in [0.25, 0.3) is 0 Å². The van der Waals surface area contributed by atoms with E-state index in [0.29, 0.717) is 6.04 Å². The lowest BCUT2D eigenvalue weighted by atomic mass is 10.0. The van der Waals surface area contributed by atoms with Gasteiger partial charge in [0.1, 0.15) is 0 Å². The molecule has 1 atom stereocenters. The summed E-state index contributed by atoms with van der Waals surface area (Å²) in [5, 5.41) is 3.71. The Hall–Kier alpha value is -0.860. The Morgan fingerprint density at radius 1 is 1.19 bits per heavy atom. The van der Waals surface area contributed by atoms with Gasteiger partial charge in [-0.15, -0.1) is 0 Å². The van der Waals surface area contributed by atoms with E-state index < -0.39 is 0 Å². The largest absolute Gasteiger partial charge is 0.310 e. The van der Waals surface area contributed by atoms with E-state index in [1.807, 2.05) is 0 Å². The molecule has 1 fully saturated rings. The van der Waals surface area contributed by atoms with Crippen LogP contribution < -0.4 is 5.32 Å². The molecule has 1 saturated carbocycles. The van der Waals surface area contributed by atoms with Crippen molar-refractivity contribution in [2.75, 3.05) is 19.6 Å². The third-order valence-corrected chi connectivity index (χ3v) is 4.15. The van der Waals surface area contributed by atoms with Gasteiger partial charge < -0.3 is 5.32 Å². The second kappa shape index (κ2) is 7.42. The molecule has 0 bridgehead atoms. The van der Waals surface area contributed by atoms with Gasteiger partial charge in [0, 0.05) is 24.7 Å². The SMILES string of the molecule is CCCN(CC1CC1)C(CNC(C)(C)C)c1ccccc1. The number of hydrogen-bond acceptors (Lipinski definition) is 2. The van der Waals surface area contributed by atoms with Gasteiger partial charge in [-0.1, -0.05) is 37.3 Å². The molecule has 2 heteroatoms. The highest BCUT2D eigenvalue weighted by atomic mass is 15.2. The van der Waals surface area contributed by atoms with E-state index in [9.17, 15) is 0 Å². The molecule has 0 aliphatic heterocycles. The van der Waals surface area contributed by atoms with Crippen LogP contribution >= 0.6 is 0 Å². The zero-order valence-corrected chi connectivity index (χ0v) is 14.2. The fraction of sp³-hybridized carbons (Fsp3) is 0.684. The summed E-state index contributed by atoms with van der Waals surface area (Å²) in [6.45, 7) is 12.5. The highest BCUT2D eigenvalue weighted by molar-refractivity contribution is 5.19. The van der Waals surface area contributed by atoms with Crippen LogP contribution in [0.1, 0.15) is 58.6 Å². The summed E-state index contributed by atoms with van der Waals surface area (Å²) in [6, 6.07) is 11.5. The Morgan fingerprint density at radius 2 is 1.86 bits per heavy atom. The summed E-state index contributed by atoms with van der Waals surface area (Å²) in [5.41, 5.74) is 1.62. The summed E-state index contributed by atoms with van der Waals surface area (Å²) in [5.74, 6) is 0.942. The molecular formula is C19H32N2. The summed E-state index contributed by atoms with van der Waals surface area (Å²) >= 11 is 0. The third kappa shape index (κ3) is 5.80. The van der Waals surface area contributed by atoms with Crippen molar-refractivity contribution in [2.45, 2.75) is 58.5 Å². The monoisotopic (exact) mass is 288 g/mol. The van der Waals surface area contributed by atoms with Crippen molar-refractivity contribution in [3.63, 3.8) is 0 Å². The number of nitrogens with zero attached hydrogens (tertiary/aromatic N) is 1. The molecule has 1 unspecified atom stereocenters. The third-order valence-electron chi connectivity index (χ3n) is 4.15. The molecule has 1 N–H and O–H groups in total. The van der Waals surface area contributed by atoms with Gasteiger partial charge >= 0.3 is 0 Å². The van der Waals surface area contributed by atoms with Crippen LogP contribution in [0, 0.1) is 5.92 Å². The van der Waals surface area contributed by atoms with Crippen molar-refractivity contribution in [1.82, 2.24) is 10.2 Å². The molecule has 1 aromatic carbocycles. The summed E-state index contributed by atoms with van der Waals surface area (Å²) < 4.78 is 0. The van der Waals surface area contributed by atoms with Crippen molar-refractivity contribution < 1.29 is 0 Å². The molecule has 2 nitrogen and oxygen atoms in total. The molecule has 118 valence electrons. The van der Waals surface area contributed by atoms with Gasteiger partial charge in [-0.25, -0.2) is 0 Å². The fourth-order valence-corrected chi connectivity index (χ4v) is 2.83. The maximum absolute atomic E-state index is 3.71. The lowest BCUT2D eigenvalue weighted by molar-refractivity contribution is 0.176. The maximum atomic E-state index is 3.71. The predicted molar refractivity (Wildman–Crippen MR) is 91.5 cm³/mol. The molecule has 1 aliphatic rings. The van der Waals surface area contributed by atoms with E-state index in [2.05, 4.69) is 68.2 Å². The second-order valence-electron chi connectivity index (χ2n) is 7.50. The molecule has 0 spiro atoms. The minimum Gasteiger partial charge on any atom is -0.310 e. The van der Waals surface area contributed by atoms with Crippen LogP contribution in [0.3, 0.4) is 0 Å². The van der Waals surface area contributed by atoms with Crippen molar-refractivity contribution in [3.05, 3.63) is 35.9 Å². The van der Waals surface area contributed by atoms with Crippen LogP contribution in [0.4, 0.5) is 0 Å². The summed E-state index contributed by atoms with van der Waals surface area (Å²) in [4.78, 5) is 2.70. The molecule has 2 rings (SSSR count). The maximum Gasteiger partial charge on any atom is 0.0472 e. The lowest BCUT2D eigenvalue weighted by Crippen LogP contribution is -2.44. The molecule has 0 saturated heterocycles. The van der Waals surface area contributed by atoms with Gasteiger partial charge in [-0.2, -0.15) is 0 Å². The first-order valence-corrected chi connectivity index (χ1v) is 8.53. The zero-order valence-electron chi connectivity index (χ0n) is 14.2. The fourth-order valence-electron chi connectivity index (χ4n) is 2.83. The van der Waals surface area contributed by atoms with Gasteiger partial charge in [-0.05, 0) is 58.1 Å². The minimum atomic E-state index is 0.171. The first-order chi connectivity index (χ1) is 9.99. The Kier molecular flexibility index (Phi) is 5.83. The molecule has 21 heavy (non-hydrogen) atoms. The van der Waals surface area contributed by atoms with E-state index in [1.54, 1.807) is 0 Å². The number of rotatable bonds is 8. The van der Waals surface area contributed by atoms with Crippen molar-refractivity contribution in [1.29, 1.82) is 0 Å². The molecule has 1 aromatic rings. The van der Waals surface area contributed by atoms with Crippen LogP contribution in [0.2, 0.25) is 0 Å². The quantitative estimate of drug-likeness (QED) is 0.770. The average Bonchev–Trinajstić information content (AvgIpc) is 3.23. The first-order valence-electron chi connectivity index (χ1n) is 8.53. The Morgan fingerprint density at radius 3 is 2.38 bits per heavy atom. The summed E-state index contributed by atoms with van der Waals surface area (Å²) in [6.07, 6.45) is 4.08. The summed E-state index contributed by atoms with van der Waals surface area (Å²) in [7, 11) is 0. The molecule has 1 aliphatic carbocycles. The second-order valence-corrected chi connectivity index (χ2v) is 7.50. The van der Waals surface area contributed by atoms with Crippen LogP contribution in [-0.2, 0) is 0 Å². The van der Waals surface area contributed by atoms with E-state index in [0.717, 1.165) is 12.5 Å². The Bertz CT molecular complexity index is 403. The Labute approximate surface area is 130 Å². The highest BCUT2D eigenvalue weighted by Gasteiger charge is 2.29. The van der Waals surface area contributed by atoms with E-state index in [4.69, 9.17) is 0 Å². The average molecular weight is 288 g/mol. The number of hydrogen-bond donors (Lipinski definition) is 1. The smallest absolute Gasteiger partial charge is 0.0472 e. The van der Waals surface area contributed by atoms with E-state index >= 15 is 0 Å². The van der Waals surface area contributed by atoms with Crippen LogP contribution in [0.5, 0.6) is 0 Å². The minimum absolute atomic E-state index is 0.171. The van der Waals surface area contributed by atoms with Gasteiger partial charge in [0.15, 0.2) is 0 Å². The number of benzene rings is 1. The normalized spacial score (nSPS) is 17.2. The van der Waals surface area contributed by atoms with Crippen LogP contribution in [0.15, 0.2) is 30.3 Å². The van der Waals surface area contributed by atoms with Crippen molar-refractivity contribution >= 4 is 0 Å². The van der Waals surface area contributed by atoms with Gasteiger partial charge in [-0.3, -0.25) is 4.90 Å². The Balaban J connectivity index is 2.11. The van der Waals surface area contributed by atoms with Crippen LogP contribution in [0.25, 0.3) is 0 Å². The van der Waals surface area contributed by atoms with Crippen molar-refractivity contribution in [3.8, 4) is 0 Å². The van der Waals surface area contributed by atoms with E-state index in [-0.39, 0.29) is 5.54 Å². The molecular weight excluding hydrogens is 256 g/mol. The zero-order chi connectivity index (χ0) is 15.3. The van der Waals surface area contributed by atoms with E-state index in [1.165, 1.54) is 37.9 Å². The predicted octanol–water partition coefficient (Wildman–Crippen LogP) is 4.24. The highest BCUT2D eigenvalue weighted by Crippen LogP contribution is 2.33. The molecule has 0 heterocycles. The molecule has 0 aromatic heterocycles.